The van der Waals surface area contributed by atoms with Crippen molar-refractivity contribution in [3.8, 4) is 0 Å². The molecule has 2 rings (SSSR count). The summed E-state index contributed by atoms with van der Waals surface area (Å²) in [7, 11) is 0. The first-order valence-electron chi connectivity index (χ1n) is 5.33. The molecule has 1 aromatic rings. The lowest BCUT2D eigenvalue weighted by atomic mass is 9.85. The zero-order valence-electron chi connectivity index (χ0n) is 9.59. The van der Waals surface area contributed by atoms with Crippen LogP contribution in [0.2, 0.25) is 5.02 Å². The molecule has 96 valence electrons. The van der Waals surface area contributed by atoms with Crippen LogP contribution < -0.4 is 5.32 Å². The van der Waals surface area contributed by atoms with Gasteiger partial charge < -0.3 is 10.4 Å². The zero-order valence-corrected chi connectivity index (χ0v) is 10.3. The van der Waals surface area contributed by atoms with Crippen LogP contribution in [-0.4, -0.2) is 22.4 Å². The molecule has 1 amide bonds. The predicted molar refractivity (Wildman–Crippen MR) is 64.0 cm³/mol. The minimum Gasteiger partial charge on any atom is -0.379 e. The van der Waals surface area contributed by atoms with E-state index in [0.29, 0.717) is 11.3 Å². The summed E-state index contributed by atoms with van der Waals surface area (Å²) < 4.78 is 13.3. The number of hydrogen-bond acceptors (Lipinski definition) is 3. The van der Waals surface area contributed by atoms with Crippen LogP contribution in [0.3, 0.4) is 0 Å². The zero-order chi connectivity index (χ0) is 13.5. The SMILES string of the molecule is CC(=O)CC1(O)Cc2cc(F)c(Cl)cc2NC1=O. The highest BCUT2D eigenvalue weighted by molar-refractivity contribution is 6.31. The van der Waals surface area contributed by atoms with Gasteiger partial charge in [0.1, 0.15) is 11.6 Å². The molecule has 1 atom stereocenters. The third-order valence-corrected chi connectivity index (χ3v) is 3.13. The Hall–Kier alpha value is -1.46. The molecule has 0 spiro atoms. The second-order valence-corrected chi connectivity index (χ2v) is 4.87. The number of rotatable bonds is 2. The van der Waals surface area contributed by atoms with Gasteiger partial charge in [0.25, 0.3) is 5.91 Å². The lowest BCUT2D eigenvalue weighted by Crippen LogP contribution is -2.49. The Bertz CT molecular complexity index is 546. The fourth-order valence-corrected chi connectivity index (χ4v) is 2.20. The first kappa shape index (κ1) is 13.0. The third kappa shape index (κ3) is 2.23. The summed E-state index contributed by atoms with van der Waals surface area (Å²) in [5, 5.41) is 12.5. The lowest BCUT2D eigenvalue weighted by Gasteiger charge is -2.31. The van der Waals surface area contributed by atoms with Crippen LogP contribution in [0.15, 0.2) is 12.1 Å². The molecule has 0 fully saturated rings. The van der Waals surface area contributed by atoms with Crippen molar-refractivity contribution >= 4 is 29.0 Å². The Morgan fingerprint density at radius 3 is 2.89 bits per heavy atom. The van der Waals surface area contributed by atoms with E-state index in [0.717, 1.165) is 6.07 Å². The molecule has 1 aliphatic rings. The first-order valence-corrected chi connectivity index (χ1v) is 5.71. The van der Waals surface area contributed by atoms with Crippen molar-refractivity contribution in [1.82, 2.24) is 0 Å². The van der Waals surface area contributed by atoms with Crippen molar-refractivity contribution in [3.63, 3.8) is 0 Å². The molecule has 1 unspecified atom stereocenters. The highest BCUT2D eigenvalue weighted by Gasteiger charge is 2.41. The van der Waals surface area contributed by atoms with Crippen molar-refractivity contribution in [1.29, 1.82) is 0 Å². The fraction of sp³-hybridized carbons (Fsp3) is 0.333. The van der Waals surface area contributed by atoms with Gasteiger partial charge in [0.2, 0.25) is 0 Å². The molecule has 0 aromatic heterocycles. The van der Waals surface area contributed by atoms with Gasteiger partial charge in [0.05, 0.1) is 5.02 Å². The molecule has 0 aliphatic carbocycles. The van der Waals surface area contributed by atoms with Gasteiger partial charge in [-0.3, -0.25) is 9.59 Å². The van der Waals surface area contributed by atoms with E-state index in [1.54, 1.807) is 0 Å². The molecule has 18 heavy (non-hydrogen) atoms. The van der Waals surface area contributed by atoms with E-state index in [-0.39, 0.29) is 23.6 Å². The molecule has 0 saturated carbocycles. The Balaban J connectivity index is 2.41. The van der Waals surface area contributed by atoms with Gasteiger partial charge in [0, 0.05) is 18.5 Å². The van der Waals surface area contributed by atoms with E-state index in [9.17, 15) is 19.1 Å². The maximum absolute atomic E-state index is 13.3. The molecular formula is C12H11ClFNO3. The number of fused-ring (bicyclic) bond motifs is 1. The van der Waals surface area contributed by atoms with Crippen molar-refractivity contribution in [2.24, 2.45) is 0 Å². The molecule has 1 heterocycles. The van der Waals surface area contributed by atoms with Crippen molar-refractivity contribution in [2.45, 2.75) is 25.4 Å². The molecule has 6 heteroatoms. The topological polar surface area (TPSA) is 66.4 Å². The van der Waals surface area contributed by atoms with Gasteiger partial charge in [0.15, 0.2) is 5.60 Å². The molecule has 2 N–H and O–H groups in total. The number of halogens is 2. The number of Topliss-reactive ketones (excluding diaryl/α,β-unsaturated/α-hetero) is 1. The van der Waals surface area contributed by atoms with Gasteiger partial charge >= 0.3 is 0 Å². The summed E-state index contributed by atoms with van der Waals surface area (Å²) in [6.07, 6.45) is -0.412. The van der Waals surface area contributed by atoms with Crippen LogP contribution in [-0.2, 0) is 16.0 Å². The minimum atomic E-state index is -1.82. The Morgan fingerprint density at radius 2 is 2.28 bits per heavy atom. The normalized spacial score (nSPS) is 22.3. The molecule has 0 saturated heterocycles. The smallest absolute Gasteiger partial charge is 0.257 e. The average Bonchev–Trinajstić information content (AvgIpc) is 2.22. The molecule has 0 radical (unpaired) electrons. The van der Waals surface area contributed by atoms with E-state index in [2.05, 4.69) is 5.32 Å². The number of hydrogen-bond donors (Lipinski definition) is 2. The van der Waals surface area contributed by atoms with E-state index in [1.165, 1.54) is 13.0 Å². The van der Waals surface area contributed by atoms with Crippen LogP contribution in [0.4, 0.5) is 10.1 Å². The van der Waals surface area contributed by atoms with Gasteiger partial charge in [-0.25, -0.2) is 4.39 Å². The van der Waals surface area contributed by atoms with Gasteiger partial charge in [-0.15, -0.1) is 0 Å². The van der Waals surface area contributed by atoms with Crippen LogP contribution in [0.25, 0.3) is 0 Å². The van der Waals surface area contributed by atoms with Crippen molar-refractivity contribution < 1.29 is 19.1 Å². The molecule has 4 nitrogen and oxygen atoms in total. The number of amides is 1. The number of carbonyl (C=O) groups excluding carboxylic acids is 2. The number of ketones is 1. The van der Waals surface area contributed by atoms with Crippen LogP contribution in [0.5, 0.6) is 0 Å². The Morgan fingerprint density at radius 1 is 1.61 bits per heavy atom. The number of benzene rings is 1. The number of anilines is 1. The van der Waals surface area contributed by atoms with Gasteiger partial charge in [-0.1, -0.05) is 11.6 Å². The van der Waals surface area contributed by atoms with Crippen LogP contribution in [0, 0.1) is 5.82 Å². The van der Waals surface area contributed by atoms with Gasteiger partial charge in [-0.2, -0.15) is 0 Å². The van der Waals surface area contributed by atoms with E-state index >= 15 is 0 Å². The third-order valence-electron chi connectivity index (χ3n) is 2.84. The predicted octanol–water partition coefficient (Wildman–Crippen LogP) is 1.68. The van der Waals surface area contributed by atoms with Gasteiger partial charge in [-0.05, 0) is 24.6 Å². The quantitative estimate of drug-likeness (QED) is 0.860. The maximum atomic E-state index is 13.3. The summed E-state index contributed by atoms with van der Waals surface area (Å²) in [6.45, 7) is 1.28. The molecular weight excluding hydrogens is 261 g/mol. The second kappa shape index (κ2) is 4.33. The van der Waals surface area contributed by atoms with E-state index in [4.69, 9.17) is 11.6 Å². The Kier molecular flexibility index (Phi) is 3.12. The first-order chi connectivity index (χ1) is 8.32. The Labute approximate surface area is 108 Å². The average molecular weight is 272 g/mol. The summed E-state index contributed by atoms with van der Waals surface area (Å²) in [5.41, 5.74) is -1.04. The fourth-order valence-electron chi connectivity index (χ4n) is 2.04. The largest absolute Gasteiger partial charge is 0.379 e. The lowest BCUT2D eigenvalue weighted by molar-refractivity contribution is -0.140. The highest BCUT2D eigenvalue weighted by atomic mass is 35.5. The standard InChI is InChI=1S/C12H11ClFNO3/c1-6(16)4-12(18)5-7-2-9(14)8(13)3-10(7)15-11(12)17/h2-3,18H,4-5H2,1H3,(H,15,17). The highest BCUT2D eigenvalue weighted by Crippen LogP contribution is 2.33. The molecule has 1 aliphatic heterocycles. The monoisotopic (exact) mass is 271 g/mol. The summed E-state index contributed by atoms with van der Waals surface area (Å²) >= 11 is 5.61. The number of nitrogens with one attached hydrogen (secondary N) is 1. The van der Waals surface area contributed by atoms with Crippen molar-refractivity contribution in [3.05, 3.63) is 28.5 Å². The summed E-state index contributed by atoms with van der Waals surface area (Å²) in [6, 6.07) is 2.44. The maximum Gasteiger partial charge on any atom is 0.257 e. The second-order valence-electron chi connectivity index (χ2n) is 4.46. The van der Waals surface area contributed by atoms with Crippen LogP contribution >= 0.6 is 11.6 Å². The van der Waals surface area contributed by atoms with Crippen LogP contribution in [0.1, 0.15) is 18.9 Å². The number of carbonyl (C=O) groups is 2. The van der Waals surface area contributed by atoms with E-state index < -0.39 is 17.3 Å². The molecule has 0 bridgehead atoms. The molecule has 1 aromatic carbocycles. The minimum absolute atomic E-state index is 0.106. The summed E-state index contributed by atoms with van der Waals surface area (Å²) in [5.74, 6) is -1.62. The van der Waals surface area contributed by atoms with E-state index in [1.807, 2.05) is 0 Å². The van der Waals surface area contributed by atoms with Crippen molar-refractivity contribution in [2.75, 3.05) is 5.32 Å². The number of aliphatic hydroxyl groups is 1. The summed E-state index contributed by atoms with van der Waals surface area (Å²) in [4.78, 5) is 22.8.